The number of oxime groups is 1. The molecule has 4 N–H and O–H groups in total. The first kappa shape index (κ1) is 26.2. The standard InChI is InChI=1S/C21H25N5O7S2/c1-6-10-7-34-17-13(16(28)26(17)14(10)18(29)30)24-15(27)12(11-8-35-20(22)23-11)25-33-9(2)19(31)32-21(3,4)5/h6,8-9,13,17H,1,7H2,2-5H3,(H2,22,23)(H,24,27)(H,29,30)/b25-12+/t9?,13?,17-/m1/s1. The van der Waals surface area contributed by atoms with Crippen LogP contribution in [-0.4, -0.2) is 73.3 Å². The van der Waals surface area contributed by atoms with Crippen molar-refractivity contribution in [1.29, 1.82) is 0 Å². The zero-order chi connectivity index (χ0) is 26.1. The van der Waals surface area contributed by atoms with Crippen molar-refractivity contribution in [2.24, 2.45) is 5.16 Å². The van der Waals surface area contributed by atoms with Gasteiger partial charge in [0.25, 0.3) is 11.8 Å². The molecule has 35 heavy (non-hydrogen) atoms. The molecule has 1 fully saturated rings. The number of rotatable bonds is 8. The van der Waals surface area contributed by atoms with Gasteiger partial charge in [0.15, 0.2) is 10.8 Å². The van der Waals surface area contributed by atoms with Crippen LogP contribution in [0, 0.1) is 0 Å². The molecule has 2 unspecified atom stereocenters. The van der Waals surface area contributed by atoms with Crippen molar-refractivity contribution >= 4 is 57.7 Å². The maximum absolute atomic E-state index is 13.1. The predicted octanol–water partition coefficient (Wildman–Crippen LogP) is 1.10. The maximum atomic E-state index is 13.1. The second-order valence-corrected chi connectivity index (χ2v) is 10.5. The number of thiazole rings is 1. The lowest BCUT2D eigenvalue weighted by atomic mass is 10.0. The van der Waals surface area contributed by atoms with E-state index < -0.39 is 46.9 Å². The van der Waals surface area contributed by atoms with Crippen molar-refractivity contribution in [3.8, 4) is 0 Å². The first-order chi connectivity index (χ1) is 16.3. The third-order valence-corrected chi connectivity index (χ3v) is 6.73. The van der Waals surface area contributed by atoms with E-state index in [0.29, 0.717) is 11.3 Å². The van der Waals surface area contributed by atoms with Crippen molar-refractivity contribution in [3.05, 3.63) is 35.0 Å². The molecule has 1 aromatic rings. The highest BCUT2D eigenvalue weighted by atomic mass is 32.2. The van der Waals surface area contributed by atoms with Crippen LogP contribution in [0.5, 0.6) is 0 Å². The number of fused-ring (bicyclic) bond motifs is 1. The fraction of sp³-hybridized carbons (Fsp3) is 0.429. The van der Waals surface area contributed by atoms with Crippen LogP contribution in [0.25, 0.3) is 0 Å². The molecule has 3 heterocycles. The molecule has 3 atom stereocenters. The highest BCUT2D eigenvalue weighted by Gasteiger charge is 2.54. The van der Waals surface area contributed by atoms with Gasteiger partial charge in [0.2, 0.25) is 6.10 Å². The molecule has 0 radical (unpaired) electrons. The molecular formula is C21H25N5O7S2. The summed E-state index contributed by atoms with van der Waals surface area (Å²) in [7, 11) is 0. The molecule has 1 saturated heterocycles. The molecule has 3 rings (SSSR count). The Morgan fingerprint density at radius 1 is 1.43 bits per heavy atom. The zero-order valence-electron chi connectivity index (χ0n) is 19.4. The molecule has 0 aromatic carbocycles. The minimum atomic E-state index is -1.26. The average Bonchev–Trinajstić information content (AvgIpc) is 3.20. The number of aromatic nitrogens is 1. The Balaban J connectivity index is 1.79. The monoisotopic (exact) mass is 523 g/mol. The Labute approximate surface area is 209 Å². The Bertz CT molecular complexity index is 1140. The third kappa shape index (κ3) is 5.65. The lowest BCUT2D eigenvalue weighted by molar-refractivity contribution is -0.167. The van der Waals surface area contributed by atoms with Gasteiger partial charge in [-0.05, 0) is 33.3 Å². The minimum absolute atomic E-state index is 0.0846. The van der Waals surface area contributed by atoms with E-state index in [1.807, 2.05) is 0 Å². The van der Waals surface area contributed by atoms with Gasteiger partial charge in [-0.3, -0.25) is 14.5 Å². The summed E-state index contributed by atoms with van der Waals surface area (Å²) >= 11 is 2.35. The van der Waals surface area contributed by atoms with E-state index in [9.17, 15) is 24.3 Å². The van der Waals surface area contributed by atoms with Gasteiger partial charge in [0, 0.05) is 11.1 Å². The molecule has 2 aliphatic rings. The molecular weight excluding hydrogens is 498 g/mol. The fourth-order valence-electron chi connectivity index (χ4n) is 3.17. The second kappa shape index (κ2) is 10.1. The summed E-state index contributed by atoms with van der Waals surface area (Å²) in [5, 5.41) is 16.9. The summed E-state index contributed by atoms with van der Waals surface area (Å²) in [6.45, 7) is 10.1. The lowest BCUT2D eigenvalue weighted by Crippen LogP contribution is -2.71. The van der Waals surface area contributed by atoms with E-state index in [1.54, 1.807) is 20.8 Å². The summed E-state index contributed by atoms with van der Waals surface area (Å²) in [5.74, 6) is -3.03. The number of nitrogens with zero attached hydrogens (tertiary/aromatic N) is 3. The third-order valence-electron chi connectivity index (χ3n) is 4.75. The van der Waals surface area contributed by atoms with E-state index in [2.05, 4.69) is 22.0 Å². The number of β-lactam (4-membered cyclic amide) rings is 1. The van der Waals surface area contributed by atoms with E-state index >= 15 is 0 Å². The van der Waals surface area contributed by atoms with Crippen LogP contribution >= 0.6 is 23.1 Å². The first-order valence-electron chi connectivity index (χ1n) is 10.4. The largest absolute Gasteiger partial charge is 0.477 e. The van der Waals surface area contributed by atoms with Gasteiger partial charge in [-0.25, -0.2) is 14.6 Å². The van der Waals surface area contributed by atoms with Crippen LogP contribution in [0.15, 0.2) is 34.5 Å². The summed E-state index contributed by atoms with van der Waals surface area (Å²) in [6.07, 6.45) is 0.259. The quantitative estimate of drug-likeness (QED) is 0.194. The van der Waals surface area contributed by atoms with E-state index in [4.69, 9.17) is 15.3 Å². The summed E-state index contributed by atoms with van der Waals surface area (Å²) in [5.41, 5.74) is 4.98. The number of nitrogen functional groups attached to an aromatic ring is 1. The number of aliphatic carboxylic acids is 1. The smallest absolute Gasteiger partial charge is 0.352 e. The number of esters is 1. The number of allylic oxidation sites excluding steroid dienone is 1. The Morgan fingerprint density at radius 2 is 2.11 bits per heavy atom. The number of ether oxygens (including phenoxy) is 1. The van der Waals surface area contributed by atoms with Crippen molar-refractivity contribution in [3.63, 3.8) is 0 Å². The molecule has 188 valence electrons. The summed E-state index contributed by atoms with van der Waals surface area (Å²) < 4.78 is 5.23. The normalized spacial score (nSPS) is 21.0. The van der Waals surface area contributed by atoms with Gasteiger partial charge in [-0.1, -0.05) is 17.8 Å². The highest BCUT2D eigenvalue weighted by molar-refractivity contribution is 8.00. The molecule has 0 aliphatic carbocycles. The Kier molecular flexibility index (Phi) is 7.55. The Morgan fingerprint density at radius 3 is 2.66 bits per heavy atom. The number of hydrogen-bond acceptors (Lipinski definition) is 11. The van der Waals surface area contributed by atoms with Crippen LogP contribution in [0.1, 0.15) is 33.4 Å². The predicted molar refractivity (Wildman–Crippen MR) is 129 cm³/mol. The number of carbonyl (C=O) groups excluding carboxylic acids is 3. The van der Waals surface area contributed by atoms with Crippen LogP contribution in [0.4, 0.5) is 5.13 Å². The molecule has 1 aromatic heterocycles. The number of nitrogens with two attached hydrogens (primary N) is 1. The van der Waals surface area contributed by atoms with Gasteiger partial charge in [0.05, 0.1) is 0 Å². The molecule has 14 heteroatoms. The van der Waals surface area contributed by atoms with Crippen molar-refractivity contribution in [2.75, 3.05) is 11.5 Å². The topological polar surface area (TPSA) is 174 Å². The van der Waals surface area contributed by atoms with Crippen LogP contribution < -0.4 is 11.1 Å². The maximum Gasteiger partial charge on any atom is 0.352 e. The van der Waals surface area contributed by atoms with Gasteiger partial charge in [0.1, 0.15) is 28.4 Å². The zero-order valence-corrected chi connectivity index (χ0v) is 21.1. The molecule has 0 saturated carbocycles. The number of carbonyl (C=O) groups is 4. The highest BCUT2D eigenvalue weighted by Crippen LogP contribution is 2.40. The van der Waals surface area contributed by atoms with Gasteiger partial charge in [-0.15, -0.1) is 23.1 Å². The fourth-order valence-corrected chi connectivity index (χ4v) is 5.06. The van der Waals surface area contributed by atoms with E-state index in [-0.39, 0.29) is 22.2 Å². The second-order valence-electron chi connectivity index (χ2n) is 8.54. The number of carboxylic acid groups (broad SMARTS) is 1. The molecule has 0 bridgehead atoms. The van der Waals surface area contributed by atoms with Crippen molar-refractivity contribution in [1.82, 2.24) is 15.2 Å². The number of thioether (sulfide) groups is 1. The van der Waals surface area contributed by atoms with Crippen LogP contribution in [0.2, 0.25) is 0 Å². The van der Waals surface area contributed by atoms with Gasteiger partial charge < -0.3 is 25.7 Å². The summed E-state index contributed by atoms with van der Waals surface area (Å²) in [6, 6.07) is -1.00. The molecule has 0 spiro atoms. The lowest BCUT2D eigenvalue weighted by Gasteiger charge is -2.49. The SMILES string of the molecule is C=CC1=C(C(=O)O)N2C(=O)C(NC(=O)/C(=N/OC(C)C(=O)OC(C)(C)C)c3csc(N)n3)[C@H]2SC1. The minimum Gasteiger partial charge on any atom is -0.477 e. The van der Waals surface area contributed by atoms with Crippen molar-refractivity contribution < 1.29 is 33.9 Å². The van der Waals surface area contributed by atoms with E-state index in [1.165, 1.54) is 30.1 Å². The molecule has 2 amide bonds. The number of nitrogens with one attached hydrogen (secondary N) is 1. The Hall–Kier alpha value is -3.39. The summed E-state index contributed by atoms with van der Waals surface area (Å²) in [4.78, 5) is 60.1. The van der Waals surface area contributed by atoms with Crippen LogP contribution in [-0.2, 0) is 28.8 Å². The number of carboxylic acids is 1. The number of anilines is 1. The van der Waals surface area contributed by atoms with E-state index in [0.717, 1.165) is 16.2 Å². The number of amides is 2. The number of hydrogen-bond donors (Lipinski definition) is 3. The molecule has 2 aliphatic heterocycles. The first-order valence-corrected chi connectivity index (χ1v) is 12.3. The average molecular weight is 524 g/mol. The van der Waals surface area contributed by atoms with Gasteiger partial charge in [-0.2, -0.15) is 0 Å². The molecule has 12 nitrogen and oxygen atoms in total. The van der Waals surface area contributed by atoms with Crippen molar-refractivity contribution in [2.45, 2.75) is 50.8 Å². The van der Waals surface area contributed by atoms with Gasteiger partial charge >= 0.3 is 11.9 Å². The van der Waals surface area contributed by atoms with Crippen LogP contribution in [0.3, 0.4) is 0 Å².